The maximum absolute atomic E-state index is 12.2. The Bertz CT molecular complexity index is 755. The highest BCUT2D eigenvalue weighted by Crippen LogP contribution is 2.25. The minimum absolute atomic E-state index is 0.0738. The quantitative estimate of drug-likeness (QED) is 0.664. The lowest BCUT2D eigenvalue weighted by atomic mass is 10.2. The molecular formula is C16H22N4O4S. The van der Waals surface area contributed by atoms with E-state index in [9.17, 15) is 18.0 Å². The Morgan fingerprint density at radius 2 is 1.84 bits per heavy atom. The van der Waals surface area contributed by atoms with Gasteiger partial charge < -0.3 is 15.1 Å². The molecule has 2 rings (SSSR count). The minimum atomic E-state index is -3.56. The van der Waals surface area contributed by atoms with Crippen LogP contribution >= 0.6 is 0 Å². The van der Waals surface area contributed by atoms with Crippen LogP contribution < -0.4 is 14.9 Å². The highest BCUT2D eigenvalue weighted by atomic mass is 32.2. The molecule has 1 saturated heterocycles. The van der Waals surface area contributed by atoms with E-state index in [1.54, 1.807) is 29.2 Å². The normalized spacial score (nSPS) is 14.9. The highest BCUT2D eigenvalue weighted by molar-refractivity contribution is 7.89. The molecule has 0 spiro atoms. The van der Waals surface area contributed by atoms with E-state index in [0.717, 1.165) is 6.08 Å². The Morgan fingerprint density at radius 1 is 1.20 bits per heavy atom. The number of para-hydroxylation sites is 1. The predicted molar refractivity (Wildman–Crippen MR) is 94.7 cm³/mol. The van der Waals surface area contributed by atoms with Crippen LogP contribution in [0.5, 0.6) is 0 Å². The summed E-state index contributed by atoms with van der Waals surface area (Å²) < 4.78 is 26.7. The fourth-order valence-corrected chi connectivity index (χ4v) is 3.55. The van der Waals surface area contributed by atoms with Crippen molar-refractivity contribution in [1.29, 1.82) is 0 Å². The van der Waals surface area contributed by atoms with Crippen molar-refractivity contribution < 1.29 is 18.0 Å². The van der Waals surface area contributed by atoms with Crippen LogP contribution in [0.1, 0.15) is 0 Å². The first-order valence-electron chi connectivity index (χ1n) is 7.84. The van der Waals surface area contributed by atoms with E-state index in [4.69, 9.17) is 0 Å². The molecule has 1 aromatic carbocycles. The summed E-state index contributed by atoms with van der Waals surface area (Å²) in [5.74, 6) is -0.566. The smallest absolute Gasteiger partial charge is 0.243 e. The largest absolute Gasteiger partial charge is 0.367 e. The van der Waals surface area contributed by atoms with E-state index in [0.29, 0.717) is 31.9 Å². The van der Waals surface area contributed by atoms with Crippen molar-refractivity contribution in [3.05, 3.63) is 36.9 Å². The topological polar surface area (TPSA) is 98.8 Å². The second-order valence-electron chi connectivity index (χ2n) is 5.47. The lowest BCUT2D eigenvalue weighted by Gasteiger charge is -2.36. The van der Waals surface area contributed by atoms with E-state index >= 15 is 0 Å². The molecule has 0 radical (unpaired) electrons. The van der Waals surface area contributed by atoms with Gasteiger partial charge in [-0.1, -0.05) is 18.7 Å². The van der Waals surface area contributed by atoms with Gasteiger partial charge in [-0.15, -0.1) is 0 Å². The first kappa shape index (κ1) is 18.9. The number of carbonyl (C=O) groups excluding carboxylic acids is 2. The summed E-state index contributed by atoms with van der Waals surface area (Å²) >= 11 is 0. The van der Waals surface area contributed by atoms with Gasteiger partial charge in [0, 0.05) is 26.2 Å². The molecule has 0 unspecified atom stereocenters. The van der Waals surface area contributed by atoms with Crippen LogP contribution in [0.2, 0.25) is 0 Å². The number of benzene rings is 1. The second-order valence-corrected chi connectivity index (χ2v) is 7.32. The molecule has 136 valence electrons. The number of hydrogen-bond donors (Lipinski definition) is 2. The maximum Gasteiger partial charge on any atom is 0.243 e. The van der Waals surface area contributed by atoms with Crippen molar-refractivity contribution >= 4 is 27.5 Å². The van der Waals surface area contributed by atoms with E-state index in [1.165, 1.54) is 7.05 Å². The van der Waals surface area contributed by atoms with Gasteiger partial charge in [-0.25, -0.2) is 13.1 Å². The highest BCUT2D eigenvalue weighted by Gasteiger charge is 2.25. The molecule has 25 heavy (non-hydrogen) atoms. The molecule has 0 atom stereocenters. The number of sulfonamides is 1. The van der Waals surface area contributed by atoms with E-state index in [1.807, 2.05) is 4.90 Å². The summed E-state index contributed by atoms with van der Waals surface area (Å²) in [7, 11) is -2.18. The number of piperazine rings is 1. The Hall–Kier alpha value is -2.39. The molecule has 8 nitrogen and oxygen atoms in total. The van der Waals surface area contributed by atoms with Crippen molar-refractivity contribution in [3.63, 3.8) is 0 Å². The van der Waals surface area contributed by atoms with Crippen LogP contribution in [0.25, 0.3) is 0 Å². The molecule has 1 heterocycles. The van der Waals surface area contributed by atoms with Gasteiger partial charge >= 0.3 is 0 Å². The Balaban J connectivity index is 2.03. The number of rotatable bonds is 6. The van der Waals surface area contributed by atoms with Crippen LogP contribution in [0.15, 0.2) is 41.8 Å². The fraction of sp³-hybridized carbons (Fsp3) is 0.375. The SMILES string of the molecule is C=CC(=O)NCC(=O)N1CCN(c2ccccc2S(=O)(=O)NC)CC1. The molecule has 0 bridgehead atoms. The number of nitrogens with one attached hydrogen (secondary N) is 2. The van der Waals surface area contributed by atoms with Crippen LogP contribution in [-0.4, -0.2) is 64.9 Å². The Kier molecular flexibility index (Phi) is 6.16. The molecule has 2 amide bonds. The molecule has 1 aliphatic rings. The summed E-state index contributed by atoms with van der Waals surface area (Å²) in [5.41, 5.74) is 0.615. The molecule has 1 fully saturated rings. The molecule has 1 aliphatic heterocycles. The van der Waals surface area contributed by atoms with E-state index in [-0.39, 0.29) is 17.3 Å². The number of amides is 2. The van der Waals surface area contributed by atoms with E-state index in [2.05, 4.69) is 16.6 Å². The molecule has 0 saturated carbocycles. The van der Waals surface area contributed by atoms with Gasteiger partial charge in [0.15, 0.2) is 0 Å². The average molecular weight is 366 g/mol. The summed E-state index contributed by atoms with van der Waals surface area (Å²) in [4.78, 5) is 27.0. The second kappa shape index (κ2) is 8.13. The Morgan fingerprint density at radius 3 is 2.44 bits per heavy atom. The first-order chi connectivity index (χ1) is 11.9. The van der Waals surface area contributed by atoms with Crippen LogP contribution in [0, 0.1) is 0 Å². The summed E-state index contributed by atoms with van der Waals surface area (Å²) in [6, 6.07) is 6.78. The third-order valence-electron chi connectivity index (χ3n) is 4.00. The summed E-state index contributed by atoms with van der Waals surface area (Å²) in [6.07, 6.45) is 1.12. The molecular weight excluding hydrogens is 344 g/mol. The lowest BCUT2D eigenvalue weighted by molar-refractivity contribution is -0.132. The summed E-state index contributed by atoms with van der Waals surface area (Å²) in [5, 5.41) is 2.46. The van der Waals surface area contributed by atoms with Crippen LogP contribution in [0.3, 0.4) is 0 Å². The Labute approximate surface area is 147 Å². The lowest BCUT2D eigenvalue weighted by Crippen LogP contribution is -2.51. The molecule has 9 heteroatoms. The molecule has 0 aliphatic carbocycles. The van der Waals surface area contributed by atoms with Gasteiger partial charge in [0.2, 0.25) is 21.8 Å². The minimum Gasteiger partial charge on any atom is -0.367 e. The number of nitrogens with zero attached hydrogens (tertiary/aromatic N) is 2. The maximum atomic E-state index is 12.2. The number of carbonyl (C=O) groups is 2. The van der Waals surface area contributed by atoms with Crippen molar-refractivity contribution in [2.45, 2.75) is 4.90 Å². The number of hydrogen-bond acceptors (Lipinski definition) is 5. The van der Waals surface area contributed by atoms with Crippen LogP contribution in [-0.2, 0) is 19.6 Å². The molecule has 0 aromatic heterocycles. The van der Waals surface area contributed by atoms with Gasteiger partial charge in [0.25, 0.3) is 0 Å². The van der Waals surface area contributed by atoms with Crippen molar-refractivity contribution in [3.8, 4) is 0 Å². The van der Waals surface area contributed by atoms with Gasteiger partial charge in [0.1, 0.15) is 4.90 Å². The zero-order chi connectivity index (χ0) is 18.4. The van der Waals surface area contributed by atoms with Crippen molar-refractivity contribution in [2.75, 3.05) is 44.7 Å². The standard InChI is InChI=1S/C16H22N4O4S/c1-3-15(21)18-12-16(22)20-10-8-19(9-11-20)13-6-4-5-7-14(13)25(23,24)17-2/h3-7,17H,1,8-12H2,2H3,(H,18,21). The van der Waals surface area contributed by atoms with E-state index < -0.39 is 15.9 Å². The van der Waals surface area contributed by atoms with Gasteiger partial charge in [-0.05, 0) is 25.3 Å². The zero-order valence-corrected chi connectivity index (χ0v) is 14.9. The van der Waals surface area contributed by atoms with Gasteiger partial charge in [-0.2, -0.15) is 0 Å². The number of anilines is 1. The zero-order valence-electron chi connectivity index (χ0n) is 14.1. The molecule has 1 aromatic rings. The van der Waals surface area contributed by atoms with Crippen LogP contribution in [0.4, 0.5) is 5.69 Å². The average Bonchev–Trinajstić information content (AvgIpc) is 2.65. The third-order valence-corrected chi connectivity index (χ3v) is 5.46. The van der Waals surface area contributed by atoms with Gasteiger partial charge in [0.05, 0.1) is 12.2 Å². The molecule has 2 N–H and O–H groups in total. The van der Waals surface area contributed by atoms with Gasteiger partial charge in [-0.3, -0.25) is 9.59 Å². The van der Waals surface area contributed by atoms with Crippen molar-refractivity contribution in [2.24, 2.45) is 0 Å². The fourth-order valence-electron chi connectivity index (χ4n) is 2.60. The monoisotopic (exact) mass is 366 g/mol. The van der Waals surface area contributed by atoms with Crippen molar-refractivity contribution in [1.82, 2.24) is 14.9 Å². The first-order valence-corrected chi connectivity index (χ1v) is 9.33. The third kappa shape index (κ3) is 4.58. The summed E-state index contributed by atoms with van der Waals surface area (Å²) in [6.45, 7) is 5.19. The predicted octanol–water partition coefficient (Wildman–Crippen LogP) is -0.454.